The quantitative estimate of drug-likeness (QED) is 0.458. The molecule has 0 bridgehead atoms. The molecule has 0 aromatic heterocycles. The maximum atomic E-state index is 0. The van der Waals surface area contributed by atoms with Gasteiger partial charge in [0.2, 0.25) is 0 Å². The Bertz CT molecular complexity index is 22.0. The van der Waals surface area contributed by atoms with Gasteiger partial charge in [-0.25, -0.2) is 0 Å². The van der Waals surface area contributed by atoms with Gasteiger partial charge in [-0.15, -0.1) is 0 Å². The van der Waals surface area contributed by atoms with Gasteiger partial charge in [-0.3, -0.25) is 0 Å². The van der Waals surface area contributed by atoms with E-state index in [9.17, 15) is 0 Å². The zero-order chi connectivity index (χ0) is 0. The molecule has 0 rings (SSSR count). The number of hydrogen-bond acceptors (Lipinski definition) is 0. The first-order valence-electron chi connectivity index (χ1n) is 0. The van der Waals surface area contributed by atoms with Gasteiger partial charge in [0.05, 0.1) is 0 Å². The second-order valence-corrected chi connectivity index (χ2v) is 0. The van der Waals surface area contributed by atoms with Crippen LogP contribution in [0.25, 0.3) is 0 Å². The van der Waals surface area contributed by atoms with Gasteiger partial charge in [-0.1, -0.05) is 0 Å². The summed E-state index contributed by atoms with van der Waals surface area (Å²) in [5.41, 5.74) is 0. The molecule has 0 N–H and O–H groups in total. The van der Waals surface area contributed by atoms with Crippen LogP contribution in [-0.2, 0) is 74.7 Å². The Balaban J connectivity index is 0. The van der Waals surface area contributed by atoms with Gasteiger partial charge in [0.15, 0.2) is 0 Å². The number of hydrogen-bond donors (Lipinski definition) is 0. The smallest absolute Gasteiger partial charge is 0 e. The first-order chi connectivity index (χ1) is 0. The van der Waals surface area contributed by atoms with Crippen LogP contribution >= 0.6 is 0 Å². The molecular weight excluding hydrogens is 391 g/mol. The van der Waals surface area contributed by atoms with Gasteiger partial charge in [-0.05, 0) is 0 Å². The molecule has 0 atom stereocenters. The molecule has 1 radical (unpaired) electrons. The van der Waals surface area contributed by atoms with Crippen molar-refractivity contribution in [2.24, 2.45) is 0 Å². The molecule has 0 fully saturated rings. The second-order valence-electron chi connectivity index (χ2n) is 0. The first kappa shape index (κ1) is 49.5. The molecule has 0 aromatic rings. The Morgan fingerprint density at radius 3 is 1.17 bits per heavy atom. The van der Waals surface area contributed by atoms with Crippen molar-refractivity contribution in [2.45, 2.75) is 0 Å². The summed E-state index contributed by atoms with van der Waals surface area (Å²) in [7, 11) is 0. The minimum atomic E-state index is 0. The van der Waals surface area contributed by atoms with E-state index in [1.165, 1.54) is 0 Å². The normalized spacial score (nSPS) is 0. The third-order valence-corrected chi connectivity index (χ3v) is 0. The predicted molar refractivity (Wildman–Crippen MR) is 16.5 cm³/mol. The fourth-order valence-corrected chi connectivity index (χ4v) is 0. The van der Waals surface area contributed by atoms with Gasteiger partial charge in [-0.2, -0.15) is 0 Å². The van der Waals surface area contributed by atoms with Gasteiger partial charge < -0.3 is 2.85 Å². The fraction of sp³-hybridized carbons (Fsp3) is 0. The van der Waals surface area contributed by atoms with Gasteiger partial charge in [0.25, 0.3) is 0 Å². The number of rotatable bonds is 0. The van der Waals surface area contributed by atoms with Crippen LogP contribution in [0.4, 0.5) is 0 Å². The van der Waals surface area contributed by atoms with Gasteiger partial charge in [0.1, 0.15) is 0 Å². The molecule has 0 aliphatic heterocycles. The van der Waals surface area contributed by atoms with E-state index in [0.29, 0.717) is 0 Å². The van der Waals surface area contributed by atoms with Crippen molar-refractivity contribution in [2.75, 3.05) is 0 Å². The average Bonchev–Trinajstić information content (AvgIpc) is 0. The van der Waals surface area contributed by atoms with Crippen molar-refractivity contribution >= 4 is 54.8 Å². The van der Waals surface area contributed by atoms with Crippen LogP contribution in [0.2, 0.25) is 0 Å². The molecule has 0 aromatic carbocycles. The molecule has 0 nitrogen and oxygen atoms in total. The summed E-state index contributed by atoms with van der Waals surface area (Å²) in [5, 5.41) is 0. The molecule has 0 heterocycles. The van der Waals surface area contributed by atoms with E-state index in [0.717, 1.165) is 0 Å². The maximum Gasteiger partial charge on any atom is 0 e. The van der Waals surface area contributed by atoms with E-state index in [4.69, 9.17) is 0 Å². The van der Waals surface area contributed by atoms with Crippen molar-refractivity contribution in [3.8, 4) is 0 Å². The molecule has 0 saturated heterocycles. The molecule has 0 amide bonds. The standard InChI is InChI=1S/Ca.Fe.Mn.Mo.H2Se.Zn.2H/h;;;;1H2;;;/q+2;;;;;;2*-1. The van der Waals surface area contributed by atoms with Crippen LogP contribution in [-0.4, -0.2) is 54.8 Å². The van der Waals surface area contributed by atoms with Crippen LogP contribution in [0.15, 0.2) is 0 Å². The van der Waals surface area contributed by atoms with Crippen LogP contribution in [0.3, 0.4) is 0 Å². The zero-order valence-corrected chi connectivity index (χ0v) is 14.6. The first-order valence-corrected chi connectivity index (χ1v) is 0. The molecule has 35 valence electrons. The summed E-state index contributed by atoms with van der Waals surface area (Å²) < 4.78 is 0. The summed E-state index contributed by atoms with van der Waals surface area (Å²) in [6.07, 6.45) is 0. The molecule has 0 unspecified atom stereocenters. The Kier molecular flexibility index (Phi) is 292. The van der Waals surface area contributed by atoms with Crippen LogP contribution < -0.4 is 0 Å². The molecule has 0 aliphatic carbocycles. The van der Waals surface area contributed by atoms with Crippen LogP contribution in [0, 0.1) is 0 Å². The summed E-state index contributed by atoms with van der Waals surface area (Å²) in [4.78, 5) is 0. The van der Waals surface area contributed by atoms with Crippen molar-refractivity contribution in [1.29, 1.82) is 0 Å². The third-order valence-electron chi connectivity index (χ3n) is 0. The molecule has 0 saturated carbocycles. The maximum absolute atomic E-state index is 0. The van der Waals surface area contributed by atoms with E-state index in [1.54, 1.807) is 0 Å². The minimum absolute atomic E-state index is 0. The van der Waals surface area contributed by atoms with Crippen molar-refractivity contribution in [3.63, 3.8) is 0 Å². The summed E-state index contributed by atoms with van der Waals surface area (Å²) in [6, 6.07) is 0. The monoisotopic (exact) mass is 397 g/mol. The summed E-state index contributed by atoms with van der Waals surface area (Å²) in [6.45, 7) is 0. The Labute approximate surface area is 130 Å². The Morgan fingerprint density at radius 2 is 1.17 bits per heavy atom. The largest absolute Gasteiger partial charge is 0 e. The molecule has 0 aliphatic rings. The third kappa shape index (κ3) is 24.2. The van der Waals surface area contributed by atoms with Crippen LogP contribution in [0.5, 0.6) is 0 Å². The molecule has 6 heteroatoms. The van der Waals surface area contributed by atoms with Crippen molar-refractivity contribution < 1.29 is 77.5 Å². The zero-order valence-electron chi connectivity index (χ0n) is 5.05. The second kappa shape index (κ2) is 35.4. The molecule has 6 heavy (non-hydrogen) atoms. The predicted octanol–water partition coefficient (Wildman–Crippen LogP) is -1.08. The van der Waals surface area contributed by atoms with E-state index >= 15 is 0 Å². The van der Waals surface area contributed by atoms with E-state index in [1.807, 2.05) is 0 Å². The van der Waals surface area contributed by atoms with E-state index in [-0.39, 0.29) is 132 Å². The van der Waals surface area contributed by atoms with E-state index in [2.05, 4.69) is 0 Å². The Hall–Kier alpha value is 4.13. The summed E-state index contributed by atoms with van der Waals surface area (Å²) >= 11 is 0. The average molecular weight is 395 g/mol. The summed E-state index contributed by atoms with van der Waals surface area (Å²) in [5.74, 6) is 0. The van der Waals surface area contributed by atoms with E-state index < -0.39 is 0 Å². The van der Waals surface area contributed by atoms with Crippen molar-refractivity contribution in [1.82, 2.24) is 0 Å². The Morgan fingerprint density at radius 1 is 1.17 bits per heavy atom. The SMILES string of the molecule is [Ca+2].[Fe].[H-].[H-].[Mn].[Mo].[SeH2].[Zn]. The fourth-order valence-electron chi connectivity index (χ4n) is 0. The van der Waals surface area contributed by atoms with Gasteiger partial charge in [0, 0.05) is 74.7 Å². The molecule has 0 spiro atoms. The van der Waals surface area contributed by atoms with Crippen LogP contribution in [0.1, 0.15) is 2.85 Å². The molecular formula is H4CaFeMnMoSeZn. The van der Waals surface area contributed by atoms with Gasteiger partial charge >= 0.3 is 54.8 Å². The minimum Gasteiger partial charge on any atom is 0 e. The topological polar surface area (TPSA) is 0 Å². The van der Waals surface area contributed by atoms with Crippen molar-refractivity contribution in [3.05, 3.63) is 0 Å².